The van der Waals surface area contributed by atoms with E-state index in [4.69, 9.17) is 23.8 Å². The van der Waals surface area contributed by atoms with Gasteiger partial charge < -0.3 is 10.1 Å². The van der Waals surface area contributed by atoms with Crippen molar-refractivity contribution in [2.45, 2.75) is 13.0 Å². The normalized spacial score (nSPS) is 14.7. The minimum Gasteiger partial charge on any atom is -0.435 e. The Labute approximate surface area is 217 Å². The van der Waals surface area contributed by atoms with Gasteiger partial charge in [0.25, 0.3) is 5.91 Å². The number of carbonyl (C=O) groups is 2. The summed E-state index contributed by atoms with van der Waals surface area (Å²) in [6, 6.07) is 12.9. The maximum Gasteiger partial charge on any atom is 0.387 e. The number of alkyl halides is 2. The van der Waals surface area contributed by atoms with E-state index in [1.54, 1.807) is 30.3 Å². The lowest BCUT2D eigenvalue weighted by Crippen LogP contribution is -2.31. The van der Waals surface area contributed by atoms with Crippen molar-refractivity contribution in [3.63, 3.8) is 0 Å². The van der Waals surface area contributed by atoms with Gasteiger partial charge in [0.15, 0.2) is 5.82 Å². The van der Waals surface area contributed by atoms with Crippen LogP contribution in [0.2, 0.25) is 5.02 Å². The number of nitrogens with zero attached hydrogens (tertiary/aromatic N) is 3. The third kappa shape index (κ3) is 6.60. The second-order valence-corrected chi connectivity index (χ2v) is 9.87. The second kappa shape index (κ2) is 11.2. The van der Waals surface area contributed by atoms with Gasteiger partial charge >= 0.3 is 6.61 Å². The van der Waals surface area contributed by atoms with Crippen molar-refractivity contribution in [1.29, 1.82) is 0 Å². The molecule has 180 valence electrons. The molecule has 1 fully saturated rings. The van der Waals surface area contributed by atoms with Crippen LogP contribution < -0.4 is 10.1 Å². The monoisotopic (exact) mass is 552 g/mol. The van der Waals surface area contributed by atoms with E-state index in [0.29, 0.717) is 25.6 Å². The van der Waals surface area contributed by atoms with Gasteiger partial charge in [0.1, 0.15) is 10.1 Å². The van der Waals surface area contributed by atoms with Gasteiger partial charge in [0, 0.05) is 35.1 Å². The molecule has 3 aromatic rings. The smallest absolute Gasteiger partial charge is 0.387 e. The summed E-state index contributed by atoms with van der Waals surface area (Å²) in [7, 11) is 0. The third-order valence-corrected chi connectivity index (χ3v) is 6.87. The summed E-state index contributed by atoms with van der Waals surface area (Å²) in [5.41, 5.74) is 1.39. The van der Waals surface area contributed by atoms with Gasteiger partial charge in [-0.15, -0.1) is 0 Å². The lowest BCUT2D eigenvalue weighted by molar-refractivity contribution is -0.122. The van der Waals surface area contributed by atoms with E-state index in [1.807, 2.05) is 0 Å². The summed E-state index contributed by atoms with van der Waals surface area (Å²) in [5, 5.41) is 3.51. The first-order chi connectivity index (χ1) is 16.8. The van der Waals surface area contributed by atoms with Crippen LogP contribution in [-0.2, 0) is 9.59 Å². The Morgan fingerprint density at radius 1 is 1.20 bits per heavy atom. The fourth-order valence-electron chi connectivity index (χ4n) is 2.98. The molecule has 1 aliphatic rings. The number of thiocarbonyl (C=S) groups is 1. The zero-order chi connectivity index (χ0) is 24.9. The van der Waals surface area contributed by atoms with Crippen molar-refractivity contribution in [1.82, 2.24) is 14.3 Å². The number of aromatic nitrogens is 2. The number of carbonyl (C=O) groups excluding carboxylic acids is 2. The topological polar surface area (TPSA) is 84.4 Å². The molecule has 1 aromatic heterocycles. The number of anilines is 1. The van der Waals surface area contributed by atoms with Crippen molar-refractivity contribution >= 4 is 74.5 Å². The van der Waals surface area contributed by atoms with Crippen LogP contribution in [0.5, 0.6) is 5.75 Å². The summed E-state index contributed by atoms with van der Waals surface area (Å²) in [5.74, 6) is -0.270. The van der Waals surface area contributed by atoms with Crippen LogP contribution in [0.4, 0.5) is 13.9 Å². The van der Waals surface area contributed by atoms with Gasteiger partial charge in [-0.2, -0.15) is 18.1 Å². The number of nitrogens with one attached hydrogen (secondary N) is 1. The highest BCUT2D eigenvalue weighted by Crippen LogP contribution is 2.33. The lowest BCUT2D eigenvalue weighted by atomic mass is 10.2. The minimum atomic E-state index is -2.91. The van der Waals surface area contributed by atoms with Gasteiger partial charge in [-0.1, -0.05) is 47.7 Å². The maximum atomic E-state index is 12.7. The van der Waals surface area contributed by atoms with Gasteiger partial charge in [-0.3, -0.25) is 14.5 Å². The highest BCUT2D eigenvalue weighted by molar-refractivity contribution is 8.26. The molecule has 0 saturated carbocycles. The van der Waals surface area contributed by atoms with Crippen molar-refractivity contribution < 1.29 is 23.1 Å². The molecule has 2 heterocycles. The first kappa shape index (κ1) is 25.2. The van der Waals surface area contributed by atoms with Crippen LogP contribution in [0.3, 0.4) is 0 Å². The summed E-state index contributed by atoms with van der Waals surface area (Å²) >= 11 is 13.3. The number of benzene rings is 2. The van der Waals surface area contributed by atoms with Crippen LogP contribution in [0.1, 0.15) is 12.0 Å². The van der Waals surface area contributed by atoms with E-state index < -0.39 is 6.61 Å². The number of hydrogen-bond donors (Lipinski definition) is 1. The zero-order valence-corrected chi connectivity index (χ0v) is 20.8. The summed E-state index contributed by atoms with van der Waals surface area (Å²) in [4.78, 5) is 31.2. The Hall–Kier alpha value is -2.93. The molecule has 0 unspecified atom stereocenters. The Kier molecular flexibility index (Phi) is 8.06. The van der Waals surface area contributed by atoms with Crippen molar-refractivity contribution in [2.24, 2.45) is 0 Å². The number of ether oxygens (including phenoxy) is 1. The molecule has 0 spiro atoms. The largest absolute Gasteiger partial charge is 0.435 e. The molecule has 4 rings (SSSR count). The van der Waals surface area contributed by atoms with Gasteiger partial charge in [-0.05, 0) is 48.0 Å². The summed E-state index contributed by atoms with van der Waals surface area (Å²) < 4.78 is 33.4. The molecule has 1 saturated heterocycles. The highest BCUT2D eigenvalue weighted by Gasteiger charge is 2.32. The molecule has 0 aliphatic carbocycles. The number of halogens is 3. The van der Waals surface area contributed by atoms with Crippen LogP contribution in [0, 0.1) is 0 Å². The predicted molar refractivity (Wildman–Crippen MR) is 137 cm³/mol. The van der Waals surface area contributed by atoms with Crippen molar-refractivity contribution in [2.75, 3.05) is 11.9 Å². The van der Waals surface area contributed by atoms with Crippen molar-refractivity contribution in [3.05, 3.63) is 64.0 Å². The van der Waals surface area contributed by atoms with E-state index in [0.717, 1.165) is 17.1 Å². The fourth-order valence-corrected chi connectivity index (χ4v) is 5.02. The average Bonchev–Trinajstić information content (AvgIpc) is 3.38. The quantitative estimate of drug-likeness (QED) is 0.284. The predicted octanol–water partition coefficient (Wildman–Crippen LogP) is 5.69. The molecule has 2 aromatic carbocycles. The Morgan fingerprint density at radius 2 is 1.91 bits per heavy atom. The van der Waals surface area contributed by atoms with E-state index in [9.17, 15) is 18.4 Å². The van der Waals surface area contributed by atoms with E-state index in [2.05, 4.69) is 19.4 Å². The van der Waals surface area contributed by atoms with E-state index in [1.165, 1.54) is 40.9 Å². The summed E-state index contributed by atoms with van der Waals surface area (Å²) in [6.07, 6.45) is 1.74. The molecule has 35 heavy (non-hydrogen) atoms. The average molecular weight is 553 g/mol. The van der Waals surface area contributed by atoms with Crippen molar-refractivity contribution in [3.8, 4) is 17.1 Å². The van der Waals surface area contributed by atoms with Gasteiger partial charge in [0.2, 0.25) is 11.0 Å². The minimum absolute atomic E-state index is 0.00917. The maximum absolute atomic E-state index is 12.7. The molecule has 1 N–H and O–H groups in total. The van der Waals surface area contributed by atoms with Gasteiger partial charge in [-0.25, -0.2) is 0 Å². The highest BCUT2D eigenvalue weighted by atomic mass is 35.5. The standard InChI is InChI=1S/C22H15ClF2N4O3S3/c23-14-5-1-12(2-6-14)11-16-19(31)29(22(33)34-16)10-9-17(30)26-21-27-18(28-35-21)13-3-7-15(8-4-13)32-20(24)25/h1-8,11,20H,9-10H2,(H,26,27,28,30)/b16-11-. The van der Waals surface area contributed by atoms with E-state index >= 15 is 0 Å². The number of amides is 2. The van der Waals surface area contributed by atoms with Crippen LogP contribution >= 0.6 is 47.1 Å². The zero-order valence-electron chi connectivity index (χ0n) is 17.6. The molecule has 0 atom stereocenters. The third-order valence-electron chi connectivity index (χ3n) is 4.61. The van der Waals surface area contributed by atoms with Crippen LogP contribution in [0.25, 0.3) is 17.5 Å². The first-order valence-corrected chi connectivity index (χ1v) is 12.4. The second-order valence-electron chi connectivity index (χ2n) is 7.01. The molecule has 0 radical (unpaired) electrons. The molecular weight excluding hydrogens is 538 g/mol. The van der Waals surface area contributed by atoms with E-state index in [-0.39, 0.29) is 35.7 Å². The van der Waals surface area contributed by atoms with Crippen LogP contribution in [-0.4, -0.2) is 43.5 Å². The van der Waals surface area contributed by atoms with Crippen LogP contribution in [0.15, 0.2) is 53.4 Å². The number of rotatable bonds is 8. The Morgan fingerprint density at radius 3 is 2.60 bits per heavy atom. The molecule has 2 amide bonds. The lowest BCUT2D eigenvalue weighted by Gasteiger charge is -2.13. The molecule has 0 bridgehead atoms. The fraction of sp³-hybridized carbons (Fsp3) is 0.136. The number of hydrogen-bond acceptors (Lipinski definition) is 8. The SMILES string of the molecule is O=C(CCN1C(=O)/C(=C/c2ccc(Cl)cc2)SC1=S)Nc1nc(-c2ccc(OC(F)F)cc2)ns1. The Bertz CT molecular complexity index is 1280. The van der Waals surface area contributed by atoms with Gasteiger partial charge in [0.05, 0.1) is 4.91 Å². The first-order valence-electron chi connectivity index (χ1n) is 9.98. The summed E-state index contributed by atoms with van der Waals surface area (Å²) in [6.45, 7) is -2.79. The number of thioether (sulfide) groups is 1. The molecule has 13 heteroatoms. The molecule has 1 aliphatic heterocycles. The Balaban J connectivity index is 1.31. The molecule has 7 nitrogen and oxygen atoms in total. The molecular formula is C22H15ClF2N4O3S3.